The first-order valence-electron chi connectivity index (χ1n) is 9.86. The molecule has 0 atom stereocenters. The topological polar surface area (TPSA) is 54.9 Å². The van der Waals surface area contributed by atoms with Crippen molar-refractivity contribution in [1.82, 2.24) is 10.6 Å². The second kappa shape index (κ2) is 11.1. The maximum atomic E-state index is 5.43. The number of para-hydroxylation sites is 1. The number of benzene rings is 1. The number of ether oxygens (including phenoxy) is 2. The van der Waals surface area contributed by atoms with Gasteiger partial charge in [-0.1, -0.05) is 31.0 Å². The molecule has 5 heteroatoms. The van der Waals surface area contributed by atoms with Gasteiger partial charge in [-0.2, -0.15) is 0 Å². The number of methoxy groups -OCH3 is 2. The predicted molar refractivity (Wildman–Crippen MR) is 108 cm³/mol. The molecule has 0 saturated heterocycles. The molecule has 0 amide bonds. The van der Waals surface area contributed by atoms with E-state index < -0.39 is 0 Å². The summed E-state index contributed by atoms with van der Waals surface area (Å²) in [5, 5.41) is 6.84. The Morgan fingerprint density at radius 1 is 1.15 bits per heavy atom. The molecule has 146 valence electrons. The Balaban J connectivity index is 1.91. The Labute approximate surface area is 158 Å². The van der Waals surface area contributed by atoms with Crippen molar-refractivity contribution < 1.29 is 9.47 Å². The van der Waals surface area contributed by atoms with Crippen molar-refractivity contribution in [3.63, 3.8) is 0 Å². The standard InChI is InChI=1S/C21H35N3O2/c1-4-22-20(23-15-11-18-9-5-6-10-19(18)26-3)24-17-21(14-16-25-2)12-7-8-13-21/h5-6,9-10H,4,7-8,11-17H2,1-3H3,(H2,22,23,24). The number of guanidine groups is 1. The third kappa shape index (κ3) is 6.20. The van der Waals surface area contributed by atoms with Crippen LogP contribution < -0.4 is 15.4 Å². The number of nitrogens with one attached hydrogen (secondary N) is 2. The van der Waals surface area contributed by atoms with Crippen LogP contribution in [-0.4, -0.2) is 46.4 Å². The van der Waals surface area contributed by atoms with E-state index in [-0.39, 0.29) is 0 Å². The lowest BCUT2D eigenvalue weighted by atomic mass is 9.83. The van der Waals surface area contributed by atoms with E-state index in [2.05, 4.69) is 29.7 Å². The van der Waals surface area contributed by atoms with Gasteiger partial charge in [0.05, 0.1) is 7.11 Å². The van der Waals surface area contributed by atoms with Gasteiger partial charge in [-0.05, 0) is 49.7 Å². The average Bonchev–Trinajstić information content (AvgIpc) is 3.14. The van der Waals surface area contributed by atoms with Crippen LogP contribution in [0.1, 0.15) is 44.6 Å². The second-order valence-corrected chi connectivity index (χ2v) is 7.13. The molecule has 2 N–H and O–H groups in total. The minimum atomic E-state index is 0.320. The van der Waals surface area contributed by atoms with E-state index in [0.717, 1.165) is 50.8 Å². The number of hydrogen-bond acceptors (Lipinski definition) is 3. The van der Waals surface area contributed by atoms with Gasteiger partial charge in [0.15, 0.2) is 5.96 Å². The third-order valence-electron chi connectivity index (χ3n) is 5.30. The molecular weight excluding hydrogens is 326 g/mol. The highest BCUT2D eigenvalue weighted by Crippen LogP contribution is 2.41. The first-order chi connectivity index (χ1) is 12.7. The highest BCUT2D eigenvalue weighted by Gasteiger charge is 2.33. The molecular formula is C21H35N3O2. The minimum absolute atomic E-state index is 0.320. The summed E-state index contributed by atoms with van der Waals surface area (Å²) in [6.45, 7) is 5.50. The average molecular weight is 362 g/mol. The highest BCUT2D eigenvalue weighted by atomic mass is 16.5. The van der Waals surface area contributed by atoms with Crippen LogP contribution in [0.25, 0.3) is 0 Å². The van der Waals surface area contributed by atoms with E-state index in [9.17, 15) is 0 Å². The third-order valence-corrected chi connectivity index (χ3v) is 5.30. The zero-order chi connectivity index (χ0) is 18.7. The summed E-state index contributed by atoms with van der Waals surface area (Å²) in [6.07, 6.45) is 7.17. The van der Waals surface area contributed by atoms with Crippen LogP contribution >= 0.6 is 0 Å². The zero-order valence-electron chi connectivity index (χ0n) is 16.6. The summed E-state index contributed by atoms with van der Waals surface area (Å²) in [4.78, 5) is 4.90. The van der Waals surface area contributed by atoms with Crippen molar-refractivity contribution in [3.8, 4) is 5.75 Å². The molecule has 1 aliphatic carbocycles. The van der Waals surface area contributed by atoms with Crippen LogP contribution in [0, 0.1) is 5.41 Å². The lowest BCUT2D eigenvalue weighted by Gasteiger charge is -2.27. The lowest BCUT2D eigenvalue weighted by Crippen LogP contribution is -2.39. The molecule has 0 radical (unpaired) electrons. The lowest BCUT2D eigenvalue weighted by molar-refractivity contribution is 0.141. The van der Waals surface area contributed by atoms with Crippen molar-refractivity contribution in [3.05, 3.63) is 29.8 Å². The van der Waals surface area contributed by atoms with E-state index in [4.69, 9.17) is 14.5 Å². The van der Waals surface area contributed by atoms with E-state index >= 15 is 0 Å². The Morgan fingerprint density at radius 2 is 1.92 bits per heavy atom. The fourth-order valence-corrected chi connectivity index (χ4v) is 3.74. The summed E-state index contributed by atoms with van der Waals surface area (Å²) in [5.74, 6) is 1.85. The van der Waals surface area contributed by atoms with Crippen LogP contribution in [0.3, 0.4) is 0 Å². The van der Waals surface area contributed by atoms with Gasteiger partial charge in [-0.3, -0.25) is 4.99 Å². The Kier molecular flexibility index (Phi) is 8.75. The van der Waals surface area contributed by atoms with Crippen molar-refractivity contribution in [2.45, 2.75) is 45.4 Å². The first-order valence-corrected chi connectivity index (χ1v) is 9.86. The maximum Gasteiger partial charge on any atom is 0.191 e. The van der Waals surface area contributed by atoms with Gasteiger partial charge in [0.2, 0.25) is 0 Å². The maximum absolute atomic E-state index is 5.43. The summed E-state index contributed by atoms with van der Waals surface area (Å²) < 4.78 is 10.8. The Morgan fingerprint density at radius 3 is 2.62 bits per heavy atom. The van der Waals surface area contributed by atoms with Gasteiger partial charge in [-0.25, -0.2) is 0 Å². The van der Waals surface area contributed by atoms with E-state index in [1.165, 1.54) is 31.2 Å². The monoisotopic (exact) mass is 361 g/mol. The van der Waals surface area contributed by atoms with Crippen molar-refractivity contribution in [2.75, 3.05) is 40.5 Å². The highest BCUT2D eigenvalue weighted by molar-refractivity contribution is 5.79. The predicted octanol–water partition coefficient (Wildman–Crippen LogP) is 3.39. The van der Waals surface area contributed by atoms with Crippen molar-refractivity contribution in [1.29, 1.82) is 0 Å². The molecule has 0 aromatic heterocycles. The molecule has 1 aromatic carbocycles. The van der Waals surface area contributed by atoms with Gasteiger partial charge < -0.3 is 20.1 Å². The molecule has 1 saturated carbocycles. The van der Waals surface area contributed by atoms with E-state index in [1.807, 2.05) is 12.1 Å². The fourth-order valence-electron chi connectivity index (χ4n) is 3.74. The van der Waals surface area contributed by atoms with Gasteiger partial charge in [-0.15, -0.1) is 0 Å². The fraction of sp³-hybridized carbons (Fsp3) is 0.667. The molecule has 0 unspecified atom stereocenters. The molecule has 5 nitrogen and oxygen atoms in total. The summed E-state index contributed by atoms with van der Waals surface area (Å²) in [5.41, 5.74) is 1.53. The largest absolute Gasteiger partial charge is 0.496 e. The quantitative estimate of drug-likeness (QED) is 0.495. The van der Waals surface area contributed by atoms with Crippen molar-refractivity contribution >= 4 is 5.96 Å². The van der Waals surface area contributed by atoms with Gasteiger partial charge in [0.25, 0.3) is 0 Å². The SMILES string of the molecule is CCNC(=NCC1(CCOC)CCCC1)NCCc1ccccc1OC. The Bertz CT molecular complexity index is 554. The van der Waals surface area contributed by atoms with Crippen LogP contribution in [0.5, 0.6) is 5.75 Å². The molecule has 1 fully saturated rings. The number of hydrogen-bond donors (Lipinski definition) is 2. The molecule has 26 heavy (non-hydrogen) atoms. The van der Waals surface area contributed by atoms with E-state index in [0.29, 0.717) is 5.41 Å². The van der Waals surface area contributed by atoms with Crippen LogP contribution in [0.2, 0.25) is 0 Å². The smallest absolute Gasteiger partial charge is 0.191 e. The summed E-state index contributed by atoms with van der Waals surface area (Å²) in [7, 11) is 3.51. The van der Waals surface area contributed by atoms with Crippen LogP contribution in [0.4, 0.5) is 0 Å². The summed E-state index contributed by atoms with van der Waals surface area (Å²) in [6, 6.07) is 8.18. The molecule has 0 heterocycles. The van der Waals surface area contributed by atoms with Gasteiger partial charge >= 0.3 is 0 Å². The zero-order valence-corrected chi connectivity index (χ0v) is 16.6. The van der Waals surface area contributed by atoms with Crippen LogP contribution in [0.15, 0.2) is 29.3 Å². The first kappa shape index (κ1) is 20.6. The van der Waals surface area contributed by atoms with Crippen molar-refractivity contribution in [2.24, 2.45) is 10.4 Å². The van der Waals surface area contributed by atoms with Gasteiger partial charge in [0.1, 0.15) is 5.75 Å². The minimum Gasteiger partial charge on any atom is -0.496 e. The summed E-state index contributed by atoms with van der Waals surface area (Å²) >= 11 is 0. The normalized spacial score (nSPS) is 16.5. The number of aliphatic imine (C=N–C) groups is 1. The molecule has 0 aliphatic heterocycles. The number of nitrogens with zero attached hydrogens (tertiary/aromatic N) is 1. The molecule has 0 spiro atoms. The second-order valence-electron chi connectivity index (χ2n) is 7.13. The van der Waals surface area contributed by atoms with Crippen LogP contribution in [-0.2, 0) is 11.2 Å². The van der Waals surface area contributed by atoms with E-state index in [1.54, 1.807) is 14.2 Å². The molecule has 0 bridgehead atoms. The number of rotatable bonds is 10. The van der Waals surface area contributed by atoms with Gasteiger partial charge in [0, 0.05) is 33.4 Å². The molecule has 1 aromatic rings. The molecule has 1 aliphatic rings. The Hall–Kier alpha value is -1.75. The molecule has 2 rings (SSSR count).